The number of aliphatic imine (C=N–C) groups is 1. The zero-order valence-electron chi connectivity index (χ0n) is 34.8. The van der Waals surface area contributed by atoms with Crippen LogP contribution in [0.2, 0.25) is 0 Å². The van der Waals surface area contributed by atoms with Gasteiger partial charge in [-0.3, -0.25) is 19.5 Å². The number of piperazine rings is 1. The number of benzene rings is 2. The van der Waals surface area contributed by atoms with Crippen LogP contribution in [0.1, 0.15) is 101 Å². The number of anilines is 1. The van der Waals surface area contributed by atoms with Crippen molar-refractivity contribution in [3.05, 3.63) is 101 Å². The van der Waals surface area contributed by atoms with Crippen LogP contribution in [0.4, 0.5) is 5.69 Å². The SMILES string of the molecule is CCN=C1C=CC2=C(c3ccccc3C(=O)N3CCN(Cc4cn(C5CC(C)(C)N(O)C(C)(C)C5)nn4)CC3)C3C(=O)Oc4cc(N(CC)CC)ccc4C3OC2=C1. The van der Waals surface area contributed by atoms with Gasteiger partial charge in [0.1, 0.15) is 23.5 Å². The number of ether oxygens (including phenoxy) is 2. The summed E-state index contributed by atoms with van der Waals surface area (Å²) in [5, 5.41) is 21.3. The molecule has 1 aromatic heterocycles. The highest BCUT2D eigenvalue weighted by Crippen LogP contribution is 2.53. The molecule has 0 spiro atoms. The molecule has 2 unspecified atom stereocenters. The number of nitrogens with zero attached hydrogens (tertiary/aromatic N) is 8. The molecule has 1 aliphatic carbocycles. The van der Waals surface area contributed by atoms with Crippen molar-refractivity contribution in [3.63, 3.8) is 0 Å². The van der Waals surface area contributed by atoms with E-state index in [1.165, 1.54) is 5.06 Å². The van der Waals surface area contributed by atoms with Crippen molar-refractivity contribution in [2.24, 2.45) is 10.9 Å². The summed E-state index contributed by atoms with van der Waals surface area (Å²) in [4.78, 5) is 39.8. The average Bonchev–Trinajstić information content (AvgIpc) is 3.68. The van der Waals surface area contributed by atoms with Gasteiger partial charge in [0.15, 0.2) is 0 Å². The lowest BCUT2D eigenvalue weighted by Gasteiger charge is -2.51. The van der Waals surface area contributed by atoms with Crippen LogP contribution in [0, 0.1) is 5.92 Å². The first kappa shape index (κ1) is 39.7. The Kier molecular flexibility index (Phi) is 10.7. The highest BCUT2D eigenvalue weighted by molar-refractivity contribution is 6.09. The van der Waals surface area contributed by atoms with Gasteiger partial charge < -0.3 is 24.5 Å². The molecule has 2 fully saturated rings. The minimum atomic E-state index is -0.791. The lowest BCUT2D eigenvalue weighted by atomic mass is 9.76. The second kappa shape index (κ2) is 15.6. The molecule has 2 atom stereocenters. The van der Waals surface area contributed by atoms with Gasteiger partial charge in [0.2, 0.25) is 0 Å². The van der Waals surface area contributed by atoms with E-state index in [-0.39, 0.29) is 23.0 Å². The number of aromatic nitrogens is 3. The molecule has 306 valence electrons. The minimum Gasteiger partial charge on any atom is -0.484 e. The fourth-order valence-corrected chi connectivity index (χ4v) is 9.62. The van der Waals surface area contributed by atoms with Crippen LogP contribution >= 0.6 is 0 Å². The number of carbonyl (C=O) groups excluding carboxylic acids is 2. The molecule has 3 aromatic rings. The van der Waals surface area contributed by atoms with E-state index in [9.17, 15) is 14.8 Å². The van der Waals surface area contributed by atoms with Gasteiger partial charge in [0.25, 0.3) is 5.91 Å². The van der Waals surface area contributed by atoms with Crippen molar-refractivity contribution in [1.82, 2.24) is 29.9 Å². The maximum absolute atomic E-state index is 14.6. The average molecular weight is 789 g/mol. The second-order valence-corrected chi connectivity index (χ2v) is 17.2. The van der Waals surface area contributed by atoms with Crippen LogP contribution in [-0.2, 0) is 16.1 Å². The molecule has 13 nitrogen and oxygen atoms in total. The fraction of sp³-hybridized carbons (Fsp3) is 0.489. The minimum absolute atomic E-state index is 0.0789. The van der Waals surface area contributed by atoms with E-state index in [1.807, 2.05) is 77.3 Å². The van der Waals surface area contributed by atoms with E-state index >= 15 is 0 Å². The number of hydroxylamine groups is 2. The van der Waals surface area contributed by atoms with Gasteiger partial charge >= 0.3 is 5.97 Å². The lowest BCUT2D eigenvalue weighted by Crippen LogP contribution is -2.59. The van der Waals surface area contributed by atoms with Gasteiger partial charge in [-0.15, -0.1) is 5.10 Å². The number of hydrogen-bond acceptors (Lipinski definition) is 11. The number of amides is 1. The largest absolute Gasteiger partial charge is 0.484 e. The quantitative estimate of drug-likeness (QED) is 0.186. The topological polar surface area (TPSA) is 129 Å². The number of allylic oxidation sites excluding steroid dienone is 3. The van der Waals surface area contributed by atoms with Crippen LogP contribution in [0.25, 0.3) is 5.57 Å². The number of esters is 1. The molecule has 13 heteroatoms. The van der Waals surface area contributed by atoms with E-state index in [2.05, 4.69) is 72.7 Å². The smallest absolute Gasteiger partial charge is 0.323 e. The van der Waals surface area contributed by atoms with E-state index in [0.717, 1.165) is 59.7 Å². The second-order valence-electron chi connectivity index (χ2n) is 17.2. The Morgan fingerprint density at radius 1 is 0.983 bits per heavy atom. The zero-order valence-corrected chi connectivity index (χ0v) is 34.8. The molecule has 58 heavy (non-hydrogen) atoms. The van der Waals surface area contributed by atoms with Gasteiger partial charge in [0.05, 0.1) is 23.6 Å². The summed E-state index contributed by atoms with van der Waals surface area (Å²) < 4.78 is 14.8. The Balaban J connectivity index is 1.03. The van der Waals surface area contributed by atoms with Crippen molar-refractivity contribution < 1.29 is 24.3 Å². The molecule has 2 aromatic carbocycles. The molecule has 0 radical (unpaired) electrons. The van der Waals surface area contributed by atoms with E-state index < -0.39 is 18.0 Å². The molecule has 2 saturated heterocycles. The first-order valence-electron chi connectivity index (χ1n) is 20.8. The molecule has 5 heterocycles. The van der Waals surface area contributed by atoms with Gasteiger partial charge in [-0.25, -0.2) is 4.68 Å². The molecule has 8 rings (SSSR count). The Labute approximate surface area is 341 Å². The van der Waals surface area contributed by atoms with Crippen LogP contribution in [-0.4, -0.2) is 110 Å². The van der Waals surface area contributed by atoms with Crippen LogP contribution in [0.5, 0.6) is 5.75 Å². The maximum Gasteiger partial charge on any atom is 0.323 e. The molecular weight excluding hydrogens is 733 g/mol. The standard InChI is InChI=1S/C45H56N8O5/c1-8-46-29-15-17-35-37(23-29)57-41-36-18-16-31(50(9-2)10-3)24-38(36)58-43(55)40(41)39(35)33-13-11-12-14-34(33)42(54)51-21-19-49(20-22-51)27-30-28-52(48-47-30)32-25-44(4,5)53(56)45(6,7)26-32/h11-18,23-24,28,32,40-41,56H,8-10,19-22,25-27H2,1-7H3. The molecule has 0 saturated carbocycles. The molecule has 1 N–H and O–H groups in total. The molecule has 0 bridgehead atoms. The van der Waals surface area contributed by atoms with Gasteiger partial charge in [-0.1, -0.05) is 23.4 Å². The normalized spacial score (nSPS) is 23.8. The number of rotatable bonds is 9. The monoisotopic (exact) mass is 788 g/mol. The summed E-state index contributed by atoms with van der Waals surface area (Å²) in [5.41, 5.74) is 5.40. The summed E-state index contributed by atoms with van der Waals surface area (Å²) in [6.45, 7) is 19.8. The Hall–Kier alpha value is -5.11. The summed E-state index contributed by atoms with van der Waals surface area (Å²) in [6, 6.07) is 13.7. The molecule has 5 aliphatic rings. The first-order chi connectivity index (χ1) is 27.8. The molecule has 4 aliphatic heterocycles. The number of piperidine rings is 1. The maximum atomic E-state index is 14.6. The van der Waals surface area contributed by atoms with Crippen molar-refractivity contribution >= 4 is 28.8 Å². The third-order valence-corrected chi connectivity index (χ3v) is 12.4. The van der Waals surface area contributed by atoms with Crippen molar-refractivity contribution in [2.75, 3.05) is 50.7 Å². The summed E-state index contributed by atoms with van der Waals surface area (Å²) in [5.74, 6) is -0.155. The predicted molar refractivity (Wildman–Crippen MR) is 223 cm³/mol. The van der Waals surface area contributed by atoms with Crippen molar-refractivity contribution in [1.29, 1.82) is 0 Å². The zero-order chi connectivity index (χ0) is 40.9. The van der Waals surface area contributed by atoms with Gasteiger partial charge in [-0.05, 0) is 103 Å². The third kappa shape index (κ3) is 7.28. The van der Waals surface area contributed by atoms with Gasteiger partial charge in [-0.2, -0.15) is 5.06 Å². The first-order valence-corrected chi connectivity index (χ1v) is 20.8. The van der Waals surface area contributed by atoms with E-state index in [1.54, 1.807) is 0 Å². The Bertz CT molecular complexity index is 2190. The summed E-state index contributed by atoms with van der Waals surface area (Å²) >= 11 is 0. The molecular formula is C45H56N8O5. The van der Waals surface area contributed by atoms with Crippen molar-refractivity contribution in [3.8, 4) is 5.75 Å². The summed E-state index contributed by atoms with van der Waals surface area (Å²) in [6.07, 6.45) is 8.73. The van der Waals surface area contributed by atoms with E-state index in [4.69, 9.17) is 9.47 Å². The predicted octanol–water partition coefficient (Wildman–Crippen LogP) is 6.64. The van der Waals surface area contributed by atoms with Crippen LogP contribution < -0.4 is 9.64 Å². The lowest BCUT2D eigenvalue weighted by molar-refractivity contribution is -0.249. The summed E-state index contributed by atoms with van der Waals surface area (Å²) in [7, 11) is 0. The van der Waals surface area contributed by atoms with Crippen LogP contribution in [0.15, 0.2) is 83.2 Å². The van der Waals surface area contributed by atoms with Gasteiger partial charge in [0, 0.05) is 98.0 Å². The fourth-order valence-electron chi connectivity index (χ4n) is 9.62. The highest BCUT2D eigenvalue weighted by Gasteiger charge is 2.49. The number of carbonyl (C=O) groups is 2. The van der Waals surface area contributed by atoms with E-state index in [0.29, 0.717) is 61.9 Å². The number of hydrogen-bond donors (Lipinski definition) is 1. The third-order valence-electron chi connectivity index (χ3n) is 12.4. The molecule has 1 amide bonds. The number of fused-ring (bicyclic) bond motifs is 4. The van der Waals surface area contributed by atoms with Crippen LogP contribution in [0.3, 0.4) is 0 Å². The highest BCUT2D eigenvalue weighted by atomic mass is 16.6. The van der Waals surface area contributed by atoms with Crippen molar-refractivity contribution in [2.45, 2.75) is 91.1 Å². The Morgan fingerprint density at radius 3 is 2.41 bits per heavy atom. The Morgan fingerprint density at radius 2 is 1.71 bits per heavy atom.